The smallest absolute Gasteiger partial charge is 0.161 e. The number of hydrogen-bond donors (Lipinski definition) is 1. The summed E-state index contributed by atoms with van der Waals surface area (Å²) in [5.74, 6) is 2.47. The minimum absolute atomic E-state index is 0.441. The van der Waals surface area contributed by atoms with E-state index in [1.54, 1.807) is 0 Å². The van der Waals surface area contributed by atoms with Gasteiger partial charge in [0.25, 0.3) is 0 Å². The predicted octanol–water partition coefficient (Wildman–Crippen LogP) is 3.63. The van der Waals surface area contributed by atoms with Gasteiger partial charge in [0, 0.05) is 6.04 Å². The Morgan fingerprint density at radius 1 is 1.15 bits per heavy atom. The van der Waals surface area contributed by atoms with Crippen molar-refractivity contribution in [2.24, 2.45) is 5.92 Å². The first-order chi connectivity index (χ1) is 9.85. The maximum atomic E-state index is 6.01. The zero-order valence-corrected chi connectivity index (χ0v) is 12.7. The van der Waals surface area contributed by atoms with Gasteiger partial charge in [-0.05, 0) is 44.4 Å². The van der Waals surface area contributed by atoms with Crippen molar-refractivity contribution in [3.05, 3.63) is 24.3 Å². The van der Waals surface area contributed by atoms with Gasteiger partial charge in [-0.2, -0.15) is 0 Å². The summed E-state index contributed by atoms with van der Waals surface area (Å²) in [5.41, 5.74) is 0. The molecular formula is C17H27NO2. The van der Waals surface area contributed by atoms with Gasteiger partial charge in [-0.3, -0.25) is 0 Å². The highest BCUT2D eigenvalue weighted by Gasteiger charge is 2.24. The van der Waals surface area contributed by atoms with Gasteiger partial charge in [0.1, 0.15) is 6.61 Å². The first kappa shape index (κ1) is 15.2. The van der Waals surface area contributed by atoms with Crippen LogP contribution >= 0.6 is 0 Å². The molecule has 3 nitrogen and oxygen atoms in total. The quantitative estimate of drug-likeness (QED) is 0.787. The molecule has 0 bridgehead atoms. The van der Waals surface area contributed by atoms with Crippen molar-refractivity contribution in [2.45, 2.75) is 45.1 Å². The standard InChI is InChI=1S/C17H27NO2/c1-3-12-19-16-10-6-7-11-17(16)20-13-15(18-2)14-8-4-5-9-14/h6-7,10-11,14-15,18H,3-5,8-9,12-13H2,1-2H3. The van der Waals surface area contributed by atoms with Crippen molar-refractivity contribution in [1.82, 2.24) is 5.32 Å². The van der Waals surface area contributed by atoms with Gasteiger partial charge in [0.2, 0.25) is 0 Å². The summed E-state index contributed by atoms with van der Waals surface area (Å²) in [6.45, 7) is 3.56. The second-order valence-corrected chi connectivity index (χ2v) is 5.55. The fraction of sp³-hybridized carbons (Fsp3) is 0.647. The first-order valence-corrected chi connectivity index (χ1v) is 7.87. The van der Waals surface area contributed by atoms with Gasteiger partial charge in [-0.25, -0.2) is 0 Å². The maximum absolute atomic E-state index is 6.01. The molecule has 0 aromatic heterocycles. The normalized spacial score (nSPS) is 17.1. The molecule has 0 radical (unpaired) electrons. The number of likely N-dealkylation sites (N-methyl/N-ethyl adjacent to an activating group) is 1. The van der Waals surface area contributed by atoms with E-state index in [-0.39, 0.29) is 0 Å². The van der Waals surface area contributed by atoms with Crippen molar-refractivity contribution < 1.29 is 9.47 Å². The molecule has 2 rings (SSSR count). The molecule has 1 N–H and O–H groups in total. The van der Waals surface area contributed by atoms with Crippen molar-refractivity contribution in [3.63, 3.8) is 0 Å². The largest absolute Gasteiger partial charge is 0.490 e. The van der Waals surface area contributed by atoms with Gasteiger partial charge >= 0.3 is 0 Å². The molecule has 1 aliphatic rings. The number of benzene rings is 1. The Labute approximate surface area is 122 Å². The van der Waals surface area contributed by atoms with E-state index in [2.05, 4.69) is 12.2 Å². The van der Waals surface area contributed by atoms with Crippen LogP contribution in [0.2, 0.25) is 0 Å². The van der Waals surface area contributed by atoms with E-state index < -0.39 is 0 Å². The van der Waals surface area contributed by atoms with E-state index in [1.165, 1.54) is 25.7 Å². The van der Waals surface area contributed by atoms with Crippen LogP contribution in [-0.2, 0) is 0 Å². The molecule has 3 heteroatoms. The highest BCUT2D eigenvalue weighted by Crippen LogP contribution is 2.30. The van der Waals surface area contributed by atoms with Crippen molar-refractivity contribution in [2.75, 3.05) is 20.3 Å². The van der Waals surface area contributed by atoms with E-state index in [0.29, 0.717) is 12.6 Å². The lowest BCUT2D eigenvalue weighted by molar-refractivity contribution is 0.212. The lowest BCUT2D eigenvalue weighted by atomic mass is 9.99. The Bertz CT molecular complexity index is 388. The number of nitrogens with one attached hydrogen (secondary N) is 1. The second-order valence-electron chi connectivity index (χ2n) is 5.55. The molecule has 1 aliphatic carbocycles. The fourth-order valence-corrected chi connectivity index (χ4v) is 2.90. The molecule has 0 aliphatic heterocycles. The summed E-state index contributed by atoms with van der Waals surface area (Å²) in [6.07, 6.45) is 6.37. The van der Waals surface area contributed by atoms with Gasteiger partial charge in [-0.1, -0.05) is 31.9 Å². The summed E-state index contributed by atoms with van der Waals surface area (Å²) in [6, 6.07) is 8.40. The minimum atomic E-state index is 0.441. The van der Waals surface area contributed by atoms with Gasteiger partial charge in [0.15, 0.2) is 11.5 Å². The van der Waals surface area contributed by atoms with Crippen LogP contribution in [0.3, 0.4) is 0 Å². The van der Waals surface area contributed by atoms with Gasteiger partial charge in [-0.15, -0.1) is 0 Å². The Kier molecular flexibility index (Phi) is 6.19. The zero-order chi connectivity index (χ0) is 14.2. The van der Waals surface area contributed by atoms with Gasteiger partial charge in [0.05, 0.1) is 6.61 Å². The molecule has 0 spiro atoms. The van der Waals surface area contributed by atoms with Crippen LogP contribution in [0.4, 0.5) is 0 Å². The number of para-hydroxylation sites is 2. The summed E-state index contributed by atoms with van der Waals surface area (Å²) in [4.78, 5) is 0. The molecule has 1 saturated carbocycles. The van der Waals surface area contributed by atoms with Crippen LogP contribution in [0, 0.1) is 5.92 Å². The van der Waals surface area contributed by atoms with Crippen LogP contribution in [0.25, 0.3) is 0 Å². The average molecular weight is 277 g/mol. The Morgan fingerprint density at radius 2 is 1.80 bits per heavy atom. The molecule has 0 amide bonds. The topological polar surface area (TPSA) is 30.5 Å². The molecule has 1 unspecified atom stereocenters. The molecule has 0 saturated heterocycles. The number of hydrogen-bond acceptors (Lipinski definition) is 3. The molecule has 1 aromatic rings. The molecule has 0 heterocycles. The third kappa shape index (κ3) is 4.14. The molecule has 1 atom stereocenters. The highest BCUT2D eigenvalue weighted by molar-refractivity contribution is 5.39. The Hall–Kier alpha value is -1.22. The van der Waals surface area contributed by atoms with Crippen LogP contribution in [0.15, 0.2) is 24.3 Å². The average Bonchev–Trinajstić information content (AvgIpc) is 3.01. The van der Waals surface area contributed by atoms with Crippen molar-refractivity contribution in [3.8, 4) is 11.5 Å². The summed E-state index contributed by atoms with van der Waals surface area (Å²) < 4.78 is 11.7. The summed E-state index contributed by atoms with van der Waals surface area (Å²) in [5, 5.41) is 3.41. The van der Waals surface area contributed by atoms with Crippen LogP contribution in [0.5, 0.6) is 11.5 Å². The van der Waals surface area contributed by atoms with Gasteiger partial charge < -0.3 is 14.8 Å². The molecule has 20 heavy (non-hydrogen) atoms. The monoisotopic (exact) mass is 277 g/mol. The maximum Gasteiger partial charge on any atom is 0.161 e. The summed E-state index contributed by atoms with van der Waals surface area (Å²) >= 11 is 0. The van der Waals surface area contributed by atoms with E-state index in [0.717, 1.165) is 30.4 Å². The van der Waals surface area contributed by atoms with E-state index in [4.69, 9.17) is 9.47 Å². The van der Waals surface area contributed by atoms with E-state index in [9.17, 15) is 0 Å². The molecule has 1 aromatic carbocycles. The SMILES string of the molecule is CCCOc1ccccc1OCC(NC)C1CCCC1. The third-order valence-corrected chi connectivity index (χ3v) is 4.07. The minimum Gasteiger partial charge on any atom is -0.490 e. The Morgan fingerprint density at radius 3 is 2.40 bits per heavy atom. The molecule has 1 fully saturated rings. The van der Waals surface area contributed by atoms with Crippen LogP contribution in [0.1, 0.15) is 39.0 Å². The van der Waals surface area contributed by atoms with E-state index in [1.807, 2.05) is 31.3 Å². The molecule has 112 valence electrons. The fourth-order valence-electron chi connectivity index (χ4n) is 2.90. The Balaban J connectivity index is 1.91. The zero-order valence-electron chi connectivity index (χ0n) is 12.7. The second kappa shape index (κ2) is 8.15. The van der Waals surface area contributed by atoms with Crippen LogP contribution in [-0.4, -0.2) is 26.3 Å². The molecular weight excluding hydrogens is 250 g/mol. The number of ether oxygens (including phenoxy) is 2. The third-order valence-electron chi connectivity index (χ3n) is 4.07. The lowest BCUT2D eigenvalue weighted by Gasteiger charge is -2.23. The van der Waals surface area contributed by atoms with E-state index >= 15 is 0 Å². The lowest BCUT2D eigenvalue weighted by Crippen LogP contribution is -2.37. The first-order valence-electron chi connectivity index (χ1n) is 7.87. The predicted molar refractivity (Wildman–Crippen MR) is 82.5 cm³/mol. The summed E-state index contributed by atoms with van der Waals surface area (Å²) in [7, 11) is 2.03. The van der Waals surface area contributed by atoms with Crippen LogP contribution < -0.4 is 14.8 Å². The number of rotatable bonds is 8. The highest BCUT2D eigenvalue weighted by atomic mass is 16.5. The van der Waals surface area contributed by atoms with Crippen molar-refractivity contribution in [1.29, 1.82) is 0 Å². The van der Waals surface area contributed by atoms with Crippen molar-refractivity contribution >= 4 is 0 Å².